The number of nitrogens with zero attached hydrogens (tertiary/aromatic N) is 1. The highest BCUT2D eigenvalue weighted by atomic mass is 16.4. The molecule has 0 bridgehead atoms. The Bertz CT molecular complexity index is 679. The van der Waals surface area contributed by atoms with Gasteiger partial charge in [0.2, 0.25) is 0 Å². The lowest BCUT2D eigenvalue weighted by Gasteiger charge is -2.38. The molecule has 1 aliphatic heterocycles. The molecule has 1 saturated heterocycles. The number of H-pyrrole nitrogens is 1. The van der Waals surface area contributed by atoms with Gasteiger partial charge in [0, 0.05) is 23.1 Å². The van der Waals surface area contributed by atoms with E-state index >= 15 is 0 Å². The van der Waals surface area contributed by atoms with Crippen LogP contribution in [-0.2, 0) is 4.79 Å². The van der Waals surface area contributed by atoms with Crippen molar-refractivity contribution in [1.29, 1.82) is 0 Å². The summed E-state index contributed by atoms with van der Waals surface area (Å²) in [5, 5.41) is 20.4. The fraction of sp³-hybridized carbons (Fsp3) is 0.438. The van der Waals surface area contributed by atoms with E-state index in [4.69, 9.17) is 5.11 Å². The molecule has 112 valence electrons. The van der Waals surface area contributed by atoms with Crippen LogP contribution in [0.25, 0.3) is 10.9 Å². The van der Waals surface area contributed by atoms with Gasteiger partial charge in [-0.25, -0.2) is 0 Å². The lowest BCUT2D eigenvalue weighted by molar-refractivity contribution is -0.150. The second kappa shape index (κ2) is 5.16. The van der Waals surface area contributed by atoms with Crippen molar-refractivity contribution >= 4 is 16.9 Å². The minimum atomic E-state index is -0.930. The zero-order valence-electron chi connectivity index (χ0n) is 12.2. The number of aromatic nitrogens is 1. The zero-order valence-corrected chi connectivity index (χ0v) is 12.2. The molecule has 1 aromatic heterocycles. The van der Waals surface area contributed by atoms with Gasteiger partial charge in [0.1, 0.15) is 0 Å². The first-order valence-corrected chi connectivity index (χ1v) is 7.16. The van der Waals surface area contributed by atoms with Gasteiger partial charge in [-0.05, 0) is 38.1 Å². The number of aliphatic hydroxyl groups is 1. The van der Waals surface area contributed by atoms with Gasteiger partial charge in [-0.15, -0.1) is 0 Å². The van der Waals surface area contributed by atoms with Crippen LogP contribution in [0, 0.1) is 12.8 Å². The lowest BCUT2D eigenvalue weighted by atomic mass is 9.89. The Morgan fingerprint density at radius 1 is 1.43 bits per heavy atom. The predicted octanol–water partition coefficient (Wildman–Crippen LogP) is 1.91. The molecule has 0 spiro atoms. The minimum absolute atomic E-state index is 0.0161. The number of fused-ring (bicyclic) bond motifs is 1. The molecule has 21 heavy (non-hydrogen) atoms. The first-order valence-electron chi connectivity index (χ1n) is 7.16. The number of aromatic amines is 1. The Morgan fingerprint density at radius 2 is 2.19 bits per heavy atom. The summed E-state index contributed by atoms with van der Waals surface area (Å²) < 4.78 is 0. The lowest BCUT2D eigenvalue weighted by Crippen LogP contribution is -2.46. The van der Waals surface area contributed by atoms with Crippen LogP contribution in [0.2, 0.25) is 0 Å². The van der Waals surface area contributed by atoms with E-state index in [0.717, 1.165) is 11.2 Å². The van der Waals surface area contributed by atoms with E-state index in [0.29, 0.717) is 13.0 Å². The Morgan fingerprint density at radius 3 is 2.86 bits per heavy atom. The number of benzene rings is 1. The van der Waals surface area contributed by atoms with Gasteiger partial charge in [0.05, 0.1) is 18.1 Å². The van der Waals surface area contributed by atoms with Crippen molar-refractivity contribution in [3.63, 3.8) is 0 Å². The van der Waals surface area contributed by atoms with Crippen LogP contribution in [-0.4, -0.2) is 45.8 Å². The number of aryl methyl sites for hydroxylation is 1. The van der Waals surface area contributed by atoms with Gasteiger partial charge in [-0.2, -0.15) is 0 Å². The van der Waals surface area contributed by atoms with Crippen molar-refractivity contribution in [3.8, 4) is 0 Å². The Labute approximate surface area is 123 Å². The molecule has 3 rings (SSSR count). The minimum Gasteiger partial charge on any atom is -0.481 e. The summed E-state index contributed by atoms with van der Waals surface area (Å²) in [5.41, 5.74) is 3.32. The number of aliphatic carboxylic acids is 1. The SMILES string of the molecule is Cc1cccc2[nH]c(C3CC(O)C(C(=O)O)CN3C)cc12. The molecule has 0 aliphatic carbocycles. The normalized spacial score (nSPS) is 27.1. The van der Waals surface area contributed by atoms with Crippen LogP contribution in [0.5, 0.6) is 0 Å². The van der Waals surface area contributed by atoms with Crippen molar-refractivity contribution in [1.82, 2.24) is 9.88 Å². The van der Waals surface area contributed by atoms with Crippen molar-refractivity contribution in [2.45, 2.75) is 25.5 Å². The van der Waals surface area contributed by atoms with E-state index in [2.05, 4.69) is 24.0 Å². The zero-order chi connectivity index (χ0) is 15.1. The molecule has 2 heterocycles. The molecule has 5 nitrogen and oxygen atoms in total. The molecule has 0 amide bonds. The number of carbonyl (C=O) groups is 1. The third-order valence-electron chi connectivity index (χ3n) is 4.53. The largest absolute Gasteiger partial charge is 0.481 e. The van der Waals surface area contributed by atoms with E-state index in [1.807, 2.05) is 24.1 Å². The Balaban J connectivity index is 1.92. The first kappa shape index (κ1) is 14.1. The van der Waals surface area contributed by atoms with Crippen LogP contribution in [0.1, 0.15) is 23.7 Å². The topological polar surface area (TPSA) is 76.6 Å². The smallest absolute Gasteiger partial charge is 0.310 e. The van der Waals surface area contributed by atoms with Gasteiger partial charge in [-0.1, -0.05) is 12.1 Å². The molecule has 3 unspecified atom stereocenters. The van der Waals surface area contributed by atoms with Crippen LogP contribution in [0.4, 0.5) is 0 Å². The van der Waals surface area contributed by atoms with Gasteiger partial charge in [0.15, 0.2) is 0 Å². The highest BCUT2D eigenvalue weighted by Gasteiger charge is 2.38. The number of hydrogen-bond acceptors (Lipinski definition) is 3. The van der Waals surface area contributed by atoms with Crippen molar-refractivity contribution in [2.75, 3.05) is 13.6 Å². The Hall–Kier alpha value is -1.85. The maximum Gasteiger partial charge on any atom is 0.310 e. The molecular formula is C16H20N2O3. The summed E-state index contributed by atoms with van der Waals surface area (Å²) in [6.07, 6.45) is -0.379. The predicted molar refractivity (Wildman–Crippen MR) is 80.2 cm³/mol. The molecule has 1 aliphatic rings. The summed E-state index contributed by atoms with van der Waals surface area (Å²) in [6.45, 7) is 2.43. The van der Waals surface area contributed by atoms with E-state index in [-0.39, 0.29) is 6.04 Å². The second-order valence-corrected chi connectivity index (χ2v) is 5.96. The van der Waals surface area contributed by atoms with E-state index < -0.39 is 18.0 Å². The van der Waals surface area contributed by atoms with E-state index in [9.17, 15) is 9.90 Å². The number of rotatable bonds is 2. The van der Waals surface area contributed by atoms with E-state index in [1.54, 1.807) is 0 Å². The van der Waals surface area contributed by atoms with Crippen molar-refractivity contribution in [2.24, 2.45) is 5.92 Å². The third kappa shape index (κ3) is 2.43. The maximum atomic E-state index is 11.1. The quantitative estimate of drug-likeness (QED) is 0.789. The van der Waals surface area contributed by atoms with E-state index in [1.165, 1.54) is 10.9 Å². The number of piperidine rings is 1. The molecule has 3 atom stereocenters. The second-order valence-electron chi connectivity index (χ2n) is 5.96. The number of carboxylic acid groups (broad SMARTS) is 1. The molecular weight excluding hydrogens is 268 g/mol. The summed E-state index contributed by atoms with van der Waals surface area (Å²) in [6, 6.07) is 8.24. The van der Waals surface area contributed by atoms with Crippen LogP contribution in [0.3, 0.4) is 0 Å². The van der Waals surface area contributed by atoms with Crippen molar-refractivity contribution < 1.29 is 15.0 Å². The molecule has 0 saturated carbocycles. The van der Waals surface area contributed by atoms with Gasteiger partial charge in [0.25, 0.3) is 0 Å². The first-order chi connectivity index (χ1) is 9.97. The maximum absolute atomic E-state index is 11.1. The molecule has 3 N–H and O–H groups in total. The number of hydrogen-bond donors (Lipinski definition) is 3. The van der Waals surface area contributed by atoms with Crippen LogP contribution in [0.15, 0.2) is 24.3 Å². The molecule has 2 aromatic rings. The van der Waals surface area contributed by atoms with Crippen molar-refractivity contribution in [3.05, 3.63) is 35.5 Å². The van der Waals surface area contributed by atoms with Gasteiger partial charge < -0.3 is 15.2 Å². The highest BCUT2D eigenvalue weighted by molar-refractivity contribution is 5.83. The molecule has 5 heteroatoms. The average Bonchev–Trinajstić information content (AvgIpc) is 2.86. The van der Waals surface area contributed by atoms with Crippen LogP contribution >= 0.6 is 0 Å². The fourth-order valence-corrected chi connectivity index (χ4v) is 3.25. The summed E-state index contributed by atoms with van der Waals surface area (Å²) >= 11 is 0. The fourth-order valence-electron chi connectivity index (χ4n) is 3.25. The summed E-state index contributed by atoms with van der Waals surface area (Å²) in [4.78, 5) is 16.6. The molecule has 1 fully saturated rings. The molecule has 1 aromatic carbocycles. The molecule has 0 radical (unpaired) electrons. The van der Waals surface area contributed by atoms with Gasteiger partial charge >= 0.3 is 5.97 Å². The monoisotopic (exact) mass is 288 g/mol. The standard InChI is InChI=1S/C16H20N2O3/c1-9-4-3-5-12-10(9)6-13(17-12)14-7-15(19)11(16(20)21)8-18(14)2/h3-6,11,14-15,17,19H,7-8H2,1-2H3,(H,20,21). The number of nitrogens with one attached hydrogen (secondary N) is 1. The highest BCUT2D eigenvalue weighted by Crippen LogP contribution is 2.34. The third-order valence-corrected chi connectivity index (χ3v) is 4.53. The Kier molecular flexibility index (Phi) is 3.47. The average molecular weight is 288 g/mol. The summed E-state index contributed by atoms with van der Waals surface area (Å²) in [5.74, 6) is -1.64. The number of aliphatic hydroxyl groups excluding tert-OH is 1. The number of carboxylic acids is 1. The number of likely N-dealkylation sites (tertiary alicyclic amines) is 1. The van der Waals surface area contributed by atoms with Crippen LogP contribution < -0.4 is 0 Å². The van der Waals surface area contributed by atoms with Gasteiger partial charge in [-0.3, -0.25) is 9.69 Å². The summed E-state index contributed by atoms with van der Waals surface area (Å²) in [7, 11) is 1.91.